The van der Waals surface area contributed by atoms with Gasteiger partial charge in [-0.15, -0.1) is 12.4 Å². The van der Waals surface area contributed by atoms with Crippen LogP contribution in [0.25, 0.3) is 0 Å². The van der Waals surface area contributed by atoms with Crippen LogP contribution in [0.3, 0.4) is 0 Å². The molecule has 0 saturated carbocycles. The summed E-state index contributed by atoms with van der Waals surface area (Å²) >= 11 is 0. The summed E-state index contributed by atoms with van der Waals surface area (Å²) in [6.07, 6.45) is 3.11. The Balaban J connectivity index is 0.00000133. The van der Waals surface area contributed by atoms with E-state index in [0.717, 1.165) is 38.9 Å². The third kappa shape index (κ3) is 2.52. The number of nitrogens with zero attached hydrogens (tertiary/aromatic N) is 1. The summed E-state index contributed by atoms with van der Waals surface area (Å²) in [5.41, 5.74) is 2.70. The fourth-order valence-corrected chi connectivity index (χ4v) is 3.78. The largest absolute Gasteiger partial charge is 0.633 e. The molecule has 3 rings (SSSR count). The standard InChI is InChI=1S/C15H22N2O.ClH/c1-2-9-17(18)10-5-8-15(12-17)14-7-4-3-6-13(14)11-16-15;/h3-4,6-7,16H,2,5,8-12H2,1H3;1H. The lowest BCUT2D eigenvalue weighted by Gasteiger charge is -2.52. The second-order valence-corrected chi connectivity index (χ2v) is 5.86. The van der Waals surface area contributed by atoms with Gasteiger partial charge in [0.05, 0.1) is 18.6 Å². The van der Waals surface area contributed by atoms with Gasteiger partial charge in [-0.25, -0.2) is 0 Å². The van der Waals surface area contributed by atoms with Crippen molar-refractivity contribution in [1.82, 2.24) is 5.32 Å². The van der Waals surface area contributed by atoms with Crippen LogP contribution >= 0.6 is 12.4 Å². The van der Waals surface area contributed by atoms with Gasteiger partial charge in [0, 0.05) is 6.54 Å². The van der Waals surface area contributed by atoms with Gasteiger partial charge in [-0.1, -0.05) is 31.2 Å². The molecule has 2 aliphatic rings. The quantitative estimate of drug-likeness (QED) is 0.669. The summed E-state index contributed by atoms with van der Waals surface area (Å²) in [4.78, 5) is 0. The third-order valence-corrected chi connectivity index (χ3v) is 4.51. The lowest BCUT2D eigenvalue weighted by molar-refractivity contribution is -0.891. The van der Waals surface area contributed by atoms with Gasteiger partial charge in [0.15, 0.2) is 0 Å². The first-order valence-corrected chi connectivity index (χ1v) is 7.08. The van der Waals surface area contributed by atoms with E-state index in [1.54, 1.807) is 0 Å². The van der Waals surface area contributed by atoms with Gasteiger partial charge in [-0.2, -0.15) is 0 Å². The Morgan fingerprint density at radius 2 is 2.16 bits per heavy atom. The molecule has 0 radical (unpaired) electrons. The molecule has 2 unspecified atom stereocenters. The number of hydroxylamine groups is 3. The van der Waals surface area contributed by atoms with Crippen LogP contribution in [0.4, 0.5) is 0 Å². The predicted molar refractivity (Wildman–Crippen MR) is 80.0 cm³/mol. The maximum absolute atomic E-state index is 12.8. The molecule has 1 aromatic carbocycles. The molecule has 19 heavy (non-hydrogen) atoms. The highest BCUT2D eigenvalue weighted by atomic mass is 35.5. The topological polar surface area (TPSA) is 35.1 Å². The number of nitrogens with one attached hydrogen (secondary N) is 1. The van der Waals surface area contributed by atoms with Crippen LogP contribution in [0.15, 0.2) is 24.3 Å². The smallest absolute Gasteiger partial charge is 0.101 e. The van der Waals surface area contributed by atoms with E-state index < -0.39 is 0 Å². The molecule has 0 bridgehead atoms. The van der Waals surface area contributed by atoms with E-state index in [2.05, 4.69) is 36.5 Å². The molecular weight excluding hydrogens is 260 g/mol. The highest BCUT2D eigenvalue weighted by Gasteiger charge is 2.45. The second-order valence-electron chi connectivity index (χ2n) is 5.86. The number of hydrogen-bond acceptors (Lipinski definition) is 2. The van der Waals surface area contributed by atoms with Crippen LogP contribution in [0.1, 0.15) is 37.3 Å². The SMILES string of the molecule is CCC[N+]1([O-])CCCC2(C1)NCc1ccccc12.Cl. The number of likely N-dealkylation sites (tertiary alicyclic amines) is 1. The lowest BCUT2D eigenvalue weighted by atomic mass is 9.82. The summed E-state index contributed by atoms with van der Waals surface area (Å²) in [6, 6.07) is 8.58. The summed E-state index contributed by atoms with van der Waals surface area (Å²) in [6.45, 7) is 5.28. The number of benzene rings is 1. The summed E-state index contributed by atoms with van der Waals surface area (Å²) in [5.74, 6) is 0. The van der Waals surface area contributed by atoms with E-state index in [9.17, 15) is 5.21 Å². The molecule has 1 spiro atoms. The second kappa shape index (κ2) is 5.41. The highest BCUT2D eigenvalue weighted by molar-refractivity contribution is 5.85. The Bertz CT molecular complexity index is 446. The van der Waals surface area contributed by atoms with Crippen molar-refractivity contribution >= 4 is 12.4 Å². The van der Waals surface area contributed by atoms with Gasteiger partial charge in [0.2, 0.25) is 0 Å². The summed E-state index contributed by atoms with van der Waals surface area (Å²) in [7, 11) is 0. The van der Waals surface area contributed by atoms with Gasteiger partial charge in [0.1, 0.15) is 6.54 Å². The van der Waals surface area contributed by atoms with Crippen molar-refractivity contribution in [2.45, 2.75) is 38.3 Å². The average molecular weight is 283 g/mol. The van der Waals surface area contributed by atoms with E-state index in [1.165, 1.54) is 11.1 Å². The molecule has 2 aliphatic heterocycles. The maximum atomic E-state index is 12.8. The molecule has 2 heterocycles. The zero-order valence-corrected chi connectivity index (χ0v) is 12.3. The fourth-order valence-electron chi connectivity index (χ4n) is 3.78. The Morgan fingerprint density at radius 3 is 2.95 bits per heavy atom. The minimum Gasteiger partial charge on any atom is -0.633 e. The minimum atomic E-state index is -0.0498. The van der Waals surface area contributed by atoms with E-state index >= 15 is 0 Å². The van der Waals surface area contributed by atoms with Crippen LogP contribution in [0, 0.1) is 5.21 Å². The van der Waals surface area contributed by atoms with Gasteiger partial charge in [-0.05, 0) is 30.4 Å². The molecule has 1 saturated heterocycles. The fraction of sp³-hybridized carbons (Fsp3) is 0.600. The number of hydrogen-bond donors (Lipinski definition) is 1. The van der Waals surface area contributed by atoms with E-state index in [4.69, 9.17) is 0 Å². The Kier molecular flexibility index (Phi) is 4.21. The lowest BCUT2D eigenvalue weighted by Crippen LogP contribution is -2.59. The number of quaternary nitrogens is 1. The molecule has 0 amide bonds. The normalized spacial score (nSPS) is 32.9. The molecule has 3 nitrogen and oxygen atoms in total. The van der Waals surface area contributed by atoms with Crippen molar-refractivity contribution in [2.24, 2.45) is 0 Å². The molecule has 2 atom stereocenters. The molecule has 0 aromatic heterocycles. The summed E-state index contributed by atoms with van der Waals surface area (Å²) < 4.78 is -0.0160. The average Bonchev–Trinajstić information content (AvgIpc) is 2.69. The minimum absolute atomic E-state index is 0. The van der Waals surface area contributed by atoms with Crippen LogP contribution in [0.2, 0.25) is 0 Å². The maximum Gasteiger partial charge on any atom is 0.101 e. The Hall–Kier alpha value is -0.610. The Morgan fingerprint density at radius 1 is 1.37 bits per heavy atom. The van der Waals surface area contributed by atoms with Crippen molar-refractivity contribution in [1.29, 1.82) is 0 Å². The van der Waals surface area contributed by atoms with Crippen molar-refractivity contribution in [3.8, 4) is 0 Å². The number of piperidine rings is 1. The molecule has 106 valence electrons. The first-order valence-electron chi connectivity index (χ1n) is 7.08. The van der Waals surface area contributed by atoms with Crippen molar-refractivity contribution in [2.75, 3.05) is 19.6 Å². The monoisotopic (exact) mass is 282 g/mol. The first kappa shape index (κ1) is 14.8. The molecule has 1 N–H and O–H groups in total. The first-order chi connectivity index (χ1) is 8.68. The van der Waals surface area contributed by atoms with Crippen LogP contribution < -0.4 is 5.32 Å². The predicted octanol–water partition coefficient (Wildman–Crippen LogP) is 2.93. The van der Waals surface area contributed by atoms with E-state index in [1.807, 2.05) is 0 Å². The zero-order valence-electron chi connectivity index (χ0n) is 11.5. The number of fused-ring (bicyclic) bond motifs is 2. The molecule has 1 fully saturated rings. The third-order valence-electron chi connectivity index (χ3n) is 4.51. The molecule has 4 heteroatoms. The van der Waals surface area contributed by atoms with Crippen LogP contribution in [-0.4, -0.2) is 24.3 Å². The number of rotatable bonds is 2. The Labute approximate surface area is 121 Å². The molecule has 1 aromatic rings. The van der Waals surface area contributed by atoms with Gasteiger partial charge < -0.3 is 9.85 Å². The van der Waals surface area contributed by atoms with Gasteiger partial charge in [-0.3, -0.25) is 5.32 Å². The van der Waals surface area contributed by atoms with Gasteiger partial charge in [0.25, 0.3) is 0 Å². The van der Waals surface area contributed by atoms with Crippen LogP contribution in [-0.2, 0) is 12.1 Å². The van der Waals surface area contributed by atoms with E-state index in [0.29, 0.717) is 6.54 Å². The highest BCUT2D eigenvalue weighted by Crippen LogP contribution is 2.40. The zero-order chi connectivity index (χ0) is 12.6. The van der Waals surface area contributed by atoms with Gasteiger partial charge >= 0.3 is 0 Å². The van der Waals surface area contributed by atoms with Crippen LogP contribution in [0.5, 0.6) is 0 Å². The van der Waals surface area contributed by atoms with Crippen molar-refractivity contribution in [3.05, 3.63) is 40.6 Å². The summed E-state index contributed by atoms with van der Waals surface area (Å²) in [5, 5.41) is 16.4. The molecule has 0 aliphatic carbocycles. The van der Waals surface area contributed by atoms with Crippen molar-refractivity contribution < 1.29 is 4.65 Å². The van der Waals surface area contributed by atoms with E-state index in [-0.39, 0.29) is 22.6 Å². The molecular formula is C15H23ClN2O. The van der Waals surface area contributed by atoms with Crippen molar-refractivity contribution in [3.63, 3.8) is 0 Å². The number of halogens is 1.